The fourth-order valence-electron chi connectivity index (χ4n) is 9.43. The molecule has 0 amide bonds. The predicted molar refractivity (Wildman–Crippen MR) is 297 cm³/mol. The summed E-state index contributed by atoms with van der Waals surface area (Å²) in [4.78, 5) is 4.80. The van der Waals surface area contributed by atoms with Crippen LogP contribution in [0.4, 0.5) is 34.1 Å². The van der Waals surface area contributed by atoms with E-state index in [1.165, 1.54) is 79.2 Å². The number of hydrogen-bond donors (Lipinski definition) is 0. The summed E-state index contributed by atoms with van der Waals surface area (Å²) in [6.45, 7) is 9.19. The first-order chi connectivity index (χ1) is 32.5. The van der Waals surface area contributed by atoms with Crippen LogP contribution in [0.15, 0.2) is 217 Å². The molecule has 0 spiro atoms. The van der Waals surface area contributed by atoms with Gasteiger partial charge >= 0.3 is 0 Å². The molecule has 4 aromatic heterocycles. The summed E-state index contributed by atoms with van der Waals surface area (Å²) < 4.78 is 0. The highest BCUT2D eigenvalue weighted by Crippen LogP contribution is 2.48. The second kappa shape index (κ2) is 19.9. The van der Waals surface area contributed by atoms with E-state index in [2.05, 4.69) is 255 Å². The van der Waals surface area contributed by atoms with Crippen LogP contribution in [-0.2, 0) is 24.6 Å². The molecule has 4 heterocycles. The van der Waals surface area contributed by atoms with Gasteiger partial charge in [-0.3, -0.25) is 0 Å². The summed E-state index contributed by atoms with van der Waals surface area (Å²) in [6, 6.07) is 73.2. The van der Waals surface area contributed by atoms with Crippen molar-refractivity contribution in [1.29, 1.82) is 0 Å². The van der Waals surface area contributed by atoms with Crippen LogP contribution in [0.1, 0.15) is 27.7 Å². The van der Waals surface area contributed by atoms with E-state index < -0.39 is 0 Å². The van der Waals surface area contributed by atoms with Gasteiger partial charge in [-0.25, -0.2) is 0 Å². The maximum atomic E-state index is 2.40. The van der Waals surface area contributed by atoms with Crippen molar-refractivity contribution in [3.8, 4) is 54.6 Å². The Morgan fingerprint density at radius 3 is 0.606 bits per heavy atom. The summed E-state index contributed by atoms with van der Waals surface area (Å²) >= 11 is 0. The van der Waals surface area contributed by atoms with Gasteiger partial charge in [-0.1, -0.05) is 149 Å². The van der Waals surface area contributed by atoms with Crippen LogP contribution >= 0.6 is 30.1 Å². The van der Waals surface area contributed by atoms with Gasteiger partial charge in [0.05, 0.1) is 0 Å². The smallest absolute Gasteiger partial charge is 0.0462 e. The number of anilines is 6. The third-order valence-corrected chi connectivity index (χ3v) is 21.9. The molecule has 6 aromatic carbocycles. The van der Waals surface area contributed by atoms with E-state index in [1.807, 2.05) is 0 Å². The van der Waals surface area contributed by atoms with Gasteiger partial charge in [-0.15, -0.1) is 30.1 Å². The lowest BCUT2D eigenvalue weighted by Crippen LogP contribution is -2.10. The van der Waals surface area contributed by atoms with E-state index in [0.717, 1.165) is 34.1 Å². The lowest BCUT2D eigenvalue weighted by molar-refractivity contribution is 1.28. The molecule has 0 saturated carbocycles. The van der Waals surface area contributed by atoms with Gasteiger partial charge in [0.1, 0.15) is 0 Å². The molecule has 0 radical (unpaired) electrons. The molecule has 0 aliphatic rings. The van der Waals surface area contributed by atoms with Gasteiger partial charge in [0.15, 0.2) is 0 Å². The Morgan fingerprint density at radius 2 is 0.424 bits per heavy atom. The molecular formula is C60H56N2P4. The zero-order valence-corrected chi connectivity index (χ0v) is 41.9. The third kappa shape index (κ3) is 8.85. The van der Waals surface area contributed by atoms with Crippen LogP contribution in [0.2, 0.25) is 0 Å². The normalized spacial score (nSPS) is 12.4. The average molecular weight is 929 g/mol. The fourth-order valence-corrected chi connectivity index (χ4v) is 16.5. The van der Waals surface area contributed by atoms with E-state index >= 15 is 0 Å². The van der Waals surface area contributed by atoms with Crippen molar-refractivity contribution in [2.75, 3.05) is 9.80 Å². The van der Waals surface area contributed by atoms with Gasteiger partial charge in [0.2, 0.25) is 0 Å². The molecule has 10 aromatic rings. The van der Waals surface area contributed by atoms with E-state index in [9.17, 15) is 0 Å². The number of rotatable bonds is 15. The SMILES string of the molecule is CCp1cccc1-c1ccc(N(c2ccc(-c3ccc(N(c4ccc(-c5cccp5CC)cc4)c4ccc(-c5cccp5CC)cc4)cc3)cc2)c2ccc(-c3cccp3CC)cc2)cc1. The number of nitrogens with zero attached hydrogens (tertiary/aromatic N) is 2. The topological polar surface area (TPSA) is 6.48 Å². The van der Waals surface area contributed by atoms with Crippen LogP contribution in [-0.4, -0.2) is 0 Å². The van der Waals surface area contributed by atoms with Crippen LogP contribution < -0.4 is 9.80 Å². The van der Waals surface area contributed by atoms with E-state index in [-0.39, 0.29) is 30.1 Å². The van der Waals surface area contributed by atoms with Gasteiger partial charge in [0, 0.05) is 55.3 Å². The van der Waals surface area contributed by atoms with Crippen LogP contribution in [0.5, 0.6) is 0 Å². The van der Waals surface area contributed by atoms with E-state index in [4.69, 9.17) is 0 Å². The first-order valence-corrected chi connectivity index (χ1v) is 29.7. The summed E-state index contributed by atoms with van der Waals surface area (Å²) in [7, 11) is -0.904. The molecule has 2 nitrogen and oxygen atoms in total. The Balaban J connectivity index is 0.966. The molecule has 0 N–H and O–H groups in total. The molecule has 4 atom stereocenters. The predicted octanol–water partition coefficient (Wildman–Crippen LogP) is 21.0. The summed E-state index contributed by atoms with van der Waals surface area (Å²) in [5.41, 5.74) is 14.5. The first-order valence-electron chi connectivity index (χ1n) is 23.4. The number of aryl methyl sites for hydroxylation is 4. The number of benzene rings is 6. The molecule has 0 aliphatic carbocycles. The first kappa shape index (κ1) is 43.9. The molecule has 10 rings (SSSR count). The maximum Gasteiger partial charge on any atom is 0.0462 e. The zero-order valence-electron chi connectivity index (χ0n) is 38.3. The summed E-state index contributed by atoms with van der Waals surface area (Å²) in [5.74, 6) is 9.55. The maximum absolute atomic E-state index is 2.40. The van der Waals surface area contributed by atoms with Crippen molar-refractivity contribution in [3.63, 3.8) is 0 Å². The second-order valence-electron chi connectivity index (χ2n) is 16.7. The largest absolute Gasteiger partial charge is 0.311 e. The monoisotopic (exact) mass is 928 g/mol. The van der Waals surface area contributed by atoms with Crippen molar-refractivity contribution >= 4 is 64.3 Å². The van der Waals surface area contributed by atoms with Crippen molar-refractivity contribution < 1.29 is 0 Å². The molecule has 0 saturated heterocycles. The minimum atomic E-state index is -0.226. The minimum absolute atomic E-state index is 0.226. The van der Waals surface area contributed by atoms with E-state index in [0.29, 0.717) is 0 Å². The Hall–Kier alpha value is -5.96. The Morgan fingerprint density at radius 1 is 0.242 bits per heavy atom. The Labute approximate surface area is 396 Å². The fraction of sp³-hybridized carbons (Fsp3) is 0.133. The highest BCUT2D eigenvalue weighted by atomic mass is 31.1. The minimum Gasteiger partial charge on any atom is -0.311 e. The van der Waals surface area contributed by atoms with Crippen molar-refractivity contribution in [3.05, 3.63) is 217 Å². The molecule has 326 valence electrons. The second-order valence-corrected chi connectivity index (χ2v) is 26.1. The third-order valence-electron chi connectivity index (χ3n) is 13.0. The molecule has 0 aliphatic heterocycles. The molecule has 0 bridgehead atoms. The molecule has 0 fully saturated rings. The lowest BCUT2D eigenvalue weighted by Gasteiger charge is -2.27. The van der Waals surface area contributed by atoms with Crippen molar-refractivity contribution in [1.82, 2.24) is 0 Å². The van der Waals surface area contributed by atoms with Crippen LogP contribution in [0.25, 0.3) is 54.6 Å². The van der Waals surface area contributed by atoms with Gasteiger partial charge < -0.3 is 9.80 Å². The van der Waals surface area contributed by atoms with Gasteiger partial charge in [-0.05, 0) is 154 Å². The Kier molecular flexibility index (Phi) is 13.2. The molecule has 4 unspecified atom stereocenters. The van der Waals surface area contributed by atoms with Crippen LogP contribution in [0, 0.1) is 0 Å². The Bertz CT molecular complexity index is 2760. The highest BCUT2D eigenvalue weighted by Gasteiger charge is 2.18. The van der Waals surface area contributed by atoms with E-state index in [1.54, 1.807) is 0 Å². The zero-order chi connectivity index (χ0) is 45.0. The number of hydrogen-bond acceptors (Lipinski definition) is 2. The molecule has 6 heteroatoms. The van der Waals surface area contributed by atoms with Gasteiger partial charge in [-0.2, -0.15) is 0 Å². The van der Waals surface area contributed by atoms with Gasteiger partial charge in [0.25, 0.3) is 0 Å². The average Bonchev–Trinajstić information content (AvgIpc) is 4.24. The molecule has 66 heavy (non-hydrogen) atoms. The van der Waals surface area contributed by atoms with Crippen molar-refractivity contribution in [2.24, 2.45) is 0 Å². The van der Waals surface area contributed by atoms with Crippen LogP contribution in [0.3, 0.4) is 0 Å². The standard InChI is InChI=1S/C60H56N2P4/c1-5-63-41-9-13-57(63)47-21-33-53(34-22-47)61(54-35-23-48(24-36-54)58-14-10-42-64(58)6-2)51-29-17-45(18-30-51)46-19-31-52(32-20-46)62(55-37-25-49(26-38-55)59-15-11-43-65(59)7-3)56-39-27-50(28-40-56)60-16-12-44-66(60)8-4/h9-44H,5-8H2,1-4H3. The summed E-state index contributed by atoms with van der Waals surface area (Å²) in [5, 5.41) is 5.88. The lowest BCUT2D eigenvalue weighted by atomic mass is 10.0. The summed E-state index contributed by atoms with van der Waals surface area (Å²) in [6.07, 6.45) is 4.69. The quantitative estimate of drug-likeness (QED) is 0.101. The molecular weight excluding hydrogens is 873 g/mol. The highest BCUT2D eigenvalue weighted by molar-refractivity contribution is 7.52. The van der Waals surface area contributed by atoms with Crippen molar-refractivity contribution in [2.45, 2.75) is 52.3 Å².